The lowest BCUT2D eigenvalue weighted by atomic mass is 10.1. The van der Waals surface area contributed by atoms with Crippen LogP contribution in [0.25, 0.3) is 0 Å². The average Bonchev–Trinajstić information content (AvgIpc) is 2.68. The number of rotatable bonds is 8. The van der Waals surface area contributed by atoms with E-state index in [1.54, 1.807) is 12.1 Å². The summed E-state index contributed by atoms with van der Waals surface area (Å²) >= 11 is 0. The average molecular weight is 368 g/mol. The van der Waals surface area contributed by atoms with E-state index in [-0.39, 0.29) is 18.6 Å². The van der Waals surface area contributed by atoms with E-state index < -0.39 is 5.97 Å². The van der Waals surface area contributed by atoms with Crippen molar-refractivity contribution >= 4 is 23.3 Å². The van der Waals surface area contributed by atoms with Gasteiger partial charge in [-0.1, -0.05) is 38.1 Å². The molecule has 0 bridgehead atoms. The highest BCUT2D eigenvalue weighted by atomic mass is 16.5. The minimum Gasteiger partial charge on any atom is -0.452 e. The normalized spacial score (nSPS) is 10.6. The van der Waals surface area contributed by atoms with Gasteiger partial charge in [-0.15, -0.1) is 0 Å². The molecule has 0 heterocycles. The van der Waals surface area contributed by atoms with Crippen molar-refractivity contribution in [1.29, 1.82) is 0 Å². The quantitative estimate of drug-likeness (QED) is 0.673. The minimum atomic E-state index is -0.525. The van der Waals surface area contributed by atoms with Gasteiger partial charge in [-0.25, -0.2) is 4.79 Å². The number of ether oxygens (including phenoxy) is 1. The molecule has 0 fully saturated rings. The monoisotopic (exact) mass is 368 g/mol. The van der Waals surface area contributed by atoms with Crippen molar-refractivity contribution in [3.05, 3.63) is 59.2 Å². The molecule has 2 aromatic carbocycles. The lowest BCUT2D eigenvalue weighted by Crippen LogP contribution is -2.36. The van der Waals surface area contributed by atoms with Crippen LogP contribution >= 0.6 is 0 Å². The van der Waals surface area contributed by atoms with Crippen LogP contribution in [0.3, 0.4) is 0 Å². The van der Waals surface area contributed by atoms with Crippen molar-refractivity contribution in [2.24, 2.45) is 0 Å². The highest BCUT2D eigenvalue weighted by molar-refractivity contribution is 5.97. The van der Waals surface area contributed by atoms with Crippen molar-refractivity contribution in [3.63, 3.8) is 0 Å². The molecule has 27 heavy (non-hydrogen) atoms. The molecule has 2 rings (SSSR count). The van der Waals surface area contributed by atoms with Crippen LogP contribution in [-0.2, 0) is 9.53 Å². The van der Waals surface area contributed by atoms with Crippen LogP contribution in [0.5, 0.6) is 0 Å². The molecule has 0 unspecified atom stereocenters. The number of carbonyl (C=O) groups excluding carboxylic acids is 2. The van der Waals surface area contributed by atoms with Gasteiger partial charge in [0.2, 0.25) is 0 Å². The summed E-state index contributed by atoms with van der Waals surface area (Å²) in [5, 5.41) is 6.16. The Balaban J connectivity index is 2.07. The van der Waals surface area contributed by atoms with Crippen LogP contribution in [-0.4, -0.2) is 24.5 Å². The Morgan fingerprint density at radius 3 is 2.33 bits per heavy atom. The lowest BCUT2D eigenvalue weighted by Gasteiger charge is -2.16. The van der Waals surface area contributed by atoms with Crippen molar-refractivity contribution in [2.75, 3.05) is 11.9 Å². The molecule has 0 saturated heterocycles. The molecule has 0 aliphatic heterocycles. The summed E-state index contributed by atoms with van der Waals surface area (Å²) in [6.07, 6.45) is 1.69. The molecule has 0 atom stereocenters. The van der Waals surface area contributed by atoms with Gasteiger partial charge in [0.05, 0.1) is 11.3 Å². The zero-order valence-electron chi connectivity index (χ0n) is 16.5. The van der Waals surface area contributed by atoms with Crippen LogP contribution < -0.4 is 10.6 Å². The maximum absolute atomic E-state index is 12.5. The predicted octanol–water partition coefficient (Wildman–Crippen LogP) is 4.51. The van der Waals surface area contributed by atoms with Gasteiger partial charge in [-0.05, 0) is 56.0 Å². The molecule has 0 aliphatic rings. The maximum atomic E-state index is 12.5. The molecule has 0 aromatic heterocycles. The minimum absolute atomic E-state index is 0.106. The third kappa shape index (κ3) is 5.58. The Morgan fingerprint density at radius 2 is 1.63 bits per heavy atom. The van der Waals surface area contributed by atoms with Crippen LogP contribution in [0.1, 0.15) is 48.2 Å². The number of aryl methyl sites for hydroxylation is 1. The fourth-order valence-electron chi connectivity index (χ4n) is 2.77. The molecular weight excluding hydrogens is 340 g/mol. The summed E-state index contributed by atoms with van der Waals surface area (Å²) in [5.74, 6) is -0.805. The van der Waals surface area contributed by atoms with Gasteiger partial charge < -0.3 is 15.4 Å². The smallest absolute Gasteiger partial charge is 0.340 e. The first-order chi connectivity index (χ1) is 13.0. The maximum Gasteiger partial charge on any atom is 0.340 e. The second-order valence-corrected chi connectivity index (χ2v) is 6.58. The van der Waals surface area contributed by atoms with E-state index in [1.807, 2.05) is 58.0 Å². The van der Waals surface area contributed by atoms with Crippen LogP contribution in [0, 0.1) is 13.8 Å². The van der Waals surface area contributed by atoms with E-state index in [4.69, 9.17) is 4.74 Å². The van der Waals surface area contributed by atoms with Gasteiger partial charge in [0.25, 0.3) is 5.91 Å². The summed E-state index contributed by atoms with van der Waals surface area (Å²) in [6.45, 7) is 7.80. The van der Waals surface area contributed by atoms with E-state index in [0.29, 0.717) is 11.3 Å². The molecular formula is C22H28N2O3. The summed E-state index contributed by atoms with van der Waals surface area (Å²) in [4.78, 5) is 24.5. The van der Waals surface area contributed by atoms with Gasteiger partial charge in [-0.3, -0.25) is 4.79 Å². The van der Waals surface area contributed by atoms with E-state index in [2.05, 4.69) is 10.6 Å². The molecule has 2 N–H and O–H groups in total. The molecule has 0 spiro atoms. The van der Waals surface area contributed by atoms with E-state index >= 15 is 0 Å². The largest absolute Gasteiger partial charge is 0.452 e. The molecule has 5 nitrogen and oxygen atoms in total. The zero-order valence-corrected chi connectivity index (χ0v) is 16.5. The van der Waals surface area contributed by atoms with Crippen molar-refractivity contribution in [3.8, 4) is 0 Å². The zero-order chi connectivity index (χ0) is 19.8. The third-order valence-corrected chi connectivity index (χ3v) is 4.71. The lowest BCUT2D eigenvalue weighted by molar-refractivity contribution is -0.125. The number of hydrogen-bond acceptors (Lipinski definition) is 4. The summed E-state index contributed by atoms with van der Waals surface area (Å²) in [5.41, 5.74) is 4.26. The van der Waals surface area contributed by atoms with Crippen molar-refractivity contribution in [1.82, 2.24) is 5.32 Å². The number of para-hydroxylation sites is 1. The standard InChI is InChI=1S/C22H28N2O3/c1-5-17(6-2)23-21(25)14-27-22(26)18-11-7-8-12-20(18)24-19-13-9-10-15(3)16(19)4/h7-13,17,24H,5-6,14H2,1-4H3,(H,23,25). The molecule has 1 amide bonds. The number of anilines is 2. The van der Waals surface area contributed by atoms with Gasteiger partial charge in [0, 0.05) is 11.7 Å². The van der Waals surface area contributed by atoms with Gasteiger partial charge in [0.15, 0.2) is 6.61 Å². The van der Waals surface area contributed by atoms with Crippen molar-refractivity contribution < 1.29 is 14.3 Å². The fourth-order valence-corrected chi connectivity index (χ4v) is 2.77. The summed E-state index contributed by atoms with van der Waals surface area (Å²) in [7, 11) is 0. The highest BCUT2D eigenvalue weighted by Crippen LogP contribution is 2.25. The predicted molar refractivity (Wildman–Crippen MR) is 108 cm³/mol. The van der Waals surface area contributed by atoms with E-state index in [9.17, 15) is 9.59 Å². The first kappa shape index (κ1) is 20.5. The first-order valence-corrected chi connectivity index (χ1v) is 9.35. The second-order valence-electron chi connectivity index (χ2n) is 6.58. The number of esters is 1. The molecule has 5 heteroatoms. The van der Waals surface area contributed by atoms with Crippen LogP contribution in [0.4, 0.5) is 11.4 Å². The molecule has 2 aromatic rings. The second kappa shape index (κ2) is 9.76. The first-order valence-electron chi connectivity index (χ1n) is 9.35. The molecule has 0 saturated carbocycles. The summed E-state index contributed by atoms with van der Waals surface area (Å²) < 4.78 is 5.22. The topological polar surface area (TPSA) is 67.4 Å². The molecule has 0 radical (unpaired) electrons. The number of nitrogens with one attached hydrogen (secondary N) is 2. The Kier molecular flexibility index (Phi) is 7.41. The number of amides is 1. The SMILES string of the molecule is CCC(CC)NC(=O)COC(=O)c1ccccc1Nc1cccc(C)c1C. The van der Waals surface area contributed by atoms with Gasteiger partial charge in [0.1, 0.15) is 0 Å². The summed E-state index contributed by atoms with van der Waals surface area (Å²) in [6, 6.07) is 13.2. The fraction of sp³-hybridized carbons (Fsp3) is 0.364. The van der Waals surface area contributed by atoms with Crippen LogP contribution in [0.15, 0.2) is 42.5 Å². The number of benzene rings is 2. The Labute approximate surface area is 161 Å². The number of carbonyl (C=O) groups is 2. The van der Waals surface area contributed by atoms with Gasteiger partial charge in [-0.2, -0.15) is 0 Å². The van der Waals surface area contributed by atoms with Crippen molar-refractivity contribution in [2.45, 2.75) is 46.6 Å². The van der Waals surface area contributed by atoms with Gasteiger partial charge >= 0.3 is 5.97 Å². The Bertz CT molecular complexity index is 798. The molecule has 0 aliphatic carbocycles. The Morgan fingerprint density at radius 1 is 0.963 bits per heavy atom. The van der Waals surface area contributed by atoms with E-state index in [1.165, 1.54) is 0 Å². The van der Waals surface area contributed by atoms with E-state index in [0.717, 1.165) is 29.7 Å². The van der Waals surface area contributed by atoms with Crippen LogP contribution in [0.2, 0.25) is 0 Å². The third-order valence-electron chi connectivity index (χ3n) is 4.71. The Hall–Kier alpha value is -2.82. The highest BCUT2D eigenvalue weighted by Gasteiger charge is 2.16. The number of hydrogen-bond donors (Lipinski definition) is 2. The molecule has 144 valence electrons.